The van der Waals surface area contributed by atoms with Gasteiger partial charge in [0.25, 0.3) is 5.91 Å². The van der Waals surface area contributed by atoms with E-state index in [1.54, 1.807) is 4.90 Å². The first-order chi connectivity index (χ1) is 14.9. The van der Waals surface area contributed by atoms with Crippen molar-refractivity contribution in [2.45, 2.75) is 63.3 Å². The number of hydrogen-bond donors (Lipinski definition) is 3. The summed E-state index contributed by atoms with van der Waals surface area (Å²) in [4.78, 5) is 38.0. The Hall–Kier alpha value is -2.29. The van der Waals surface area contributed by atoms with Gasteiger partial charge in [0.15, 0.2) is 0 Å². The smallest absolute Gasteiger partial charge is 0.255 e. The van der Waals surface area contributed by atoms with Crippen molar-refractivity contribution in [2.24, 2.45) is 11.1 Å². The summed E-state index contributed by atoms with van der Waals surface area (Å²) in [6.07, 6.45) is 5.03. The Labute approximate surface area is 181 Å². The Morgan fingerprint density at radius 3 is 2.68 bits per heavy atom. The zero-order valence-corrected chi connectivity index (χ0v) is 17.7. The summed E-state index contributed by atoms with van der Waals surface area (Å²) in [6, 6.07) is 5.30. The number of nitrogens with zero attached hydrogens (tertiary/aromatic N) is 1. The van der Waals surface area contributed by atoms with Gasteiger partial charge in [0.1, 0.15) is 6.04 Å². The van der Waals surface area contributed by atoms with Gasteiger partial charge in [-0.3, -0.25) is 19.7 Å². The van der Waals surface area contributed by atoms with Gasteiger partial charge in [-0.1, -0.05) is 12.1 Å². The van der Waals surface area contributed by atoms with Crippen molar-refractivity contribution in [3.63, 3.8) is 0 Å². The second-order valence-corrected chi connectivity index (χ2v) is 9.67. The molecule has 4 N–H and O–H groups in total. The largest absolute Gasteiger partial charge is 0.373 e. The Morgan fingerprint density at radius 1 is 1.19 bits per heavy atom. The summed E-state index contributed by atoms with van der Waals surface area (Å²) in [5.74, 6) is -0.784. The maximum Gasteiger partial charge on any atom is 0.255 e. The number of imide groups is 1. The first-order valence-electron chi connectivity index (χ1n) is 11.2. The zero-order chi connectivity index (χ0) is 21.6. The molecule has 0 spiro atoms. The lowest BCUT2D eigenvalue weighted by Crippen LogP contribution is -2.57. The molecule has 1 aromatic carbocycles. The van der Waals surface area contributed by atoms with E-state index in [2.05, 4.69) is 10.6 Å². The number of hydrogen-bond acceptors (Lipinski definition) is 6. The number of rotatable bonds is 6. The third-order valence-corrected chi connectivity index (χ3v) is 7.70. The Bertz CT molecular complexity index is 906. The first kappa shape index (κ1) is 20.6. The molecule has 0 radical (unpaired) electrons. The van der Waals surface area contributed by atoms with Crippen LogP contribution < -0.4 is 16.4 Å². The molecule has 1 saturated carbocycles. The van der Waals surface area contributed by atoms with Crippen LogP contribution >= 0.6 is 0 Å². The van der Waals surface area contributed by atoms with Crippen LogP contribution in [0, 0.1) is 5.41 Å². The molecule has 166 valence electrons. The Balaban J connectivity index is 1.19. The van der Waals surface area contributed by atoms with Gasteiger partial charge >= 0.3 is 0 Å². The van der Waals surface area contributed by atoms with Crippen LogP contribution in [0.1, 0.15) is 60.0 Å². The SMILES string of the molecule is NCC12CCC(CNCc3ccc4c(c3)CN(C3CCC(=O)NC3=O)C4=O)(CC1)OC2. The summed E-state index contributed by atoms with van der Waals surface area (Å²) in [5, 5.41) is 5.89. The number of amides is 3. The van der Waals surface area contributed by atoms with E-state index in [4.69, 9.17) is 10.5 Å². The average molecular weight is 427 g/mol. The average Bonchev–Trinajstić information content (AvgIpc) is 3.10. The molecule has 2 bridgehead atoms. The highest BCUT2D eigenvalue weighted by Crippen LogP contribution is 2.48. The highest BCUT2D eigenvalue weighted by atomic mass is 16.5. The number of piperidine rings is 1. The maximum atomic E-state index is 12.8. The third kappa shape index (κ3) is 3.66. The number of ether oxygens (including phenoxy) is 1. The normalized spacial score (nSPS) is 32.4. The first-order valence-corrected chi connectivity index (χ1v) is 11.2. The van der Waals surface area contributed by atoms with Crippen molar-refractivity contribution in [1.82, 2.24) is 15.5 Å². The lowest BCUT2D eigenvalue weighted by Gasteiger charge is -2.53. The van der Waals surface area contributed by atoms with Gasteiger partial charge in [-0.05, 0) is 49.3 Å². The van der Waals surface area contributed by atoms with E-state index in [1.807, 2.05) is 18.2 Å². The summed E-state index contributed by atoms with van der Waals surface area (Å²) in [7, 11) is 0. The number of benzene rings is 1. The van der Waals surface area contributed by atoms with Crippen molar-refractivity contribution in [1.29, 1.82) is 0 Å². The van der Waals surface area contributed by atoms with Gasteiger partial charge in [0, 0.05) is 43.6 Å². The summed E-state index contributed by atoms with van der Waals surface area (Å²) in [5.41, 5.74) is 8.77. The van der Waals surface area contributed by atoms with E-state index in [1.165, 1.54) is 0 Å². The molecule has 1 aromatic rings. The van der Waals surface area contributed by atoms with Gasteiger partial charge in [-0.25, -0.2) is 0 Å². The van der Waals surface area contributed by atoms with E-state index < -0.39 is 6.04 Å². The Morgan fingerprint density at radius 2 is 2.00 bits per heavy atom. The topological polar surface area (TPSA) is 114 Å². The van der Waals surface area contributed by atoms with Gasteiger partial charge in [0.05, 0.1) is 12.2 Å². The zero-order valence-electron chi connectivity index (χ0n) is 17.7. The number of carbonyl (C=O) groups is 3. The van der Waals surface area contributed by atoms with Crippen LogP contribution in [0.5, 0.6) is 0 Å². The quantitative estimate of drug-likeness (QED) is 0.581. The fourth-order valence-electron chi connectivity index (χ4n) is 5.49. The molecule has 1 atom stereocenters. The minimum absolute atomic E-state index is 0.0772. The molecular formula is C23H30N4O4. The Kier molecular flexibility index (Phi) is 5.11. The number of carbonyl (C=O) groups excluding carboxylic acids is 3. The van der Waals surface area contributed by atoms with Gasteiger partial charge in [-0.2, -0.15) is 0 Å². The van der Waals surface area contributed by atoms with Crippen LogP contribution in [0.15, 0.2) is 18.2 Å². The molecule has 4 fully saturated rings. The highest BCUT2D eigenvalue weighted by molar-refractivity contribution is 6.05. The summed E-state index contributed by atoms with van der Waals surface area (Å²) >= 11 is 0. The predicted molar refractivity (Wildman–Crippen MR) is 113 cm³/mol. The van der Waals surface area contributed by atoms with Crippen LogP contribution in [-0.2, 0) is 27.4 Å². The fraction of sp³-hybridized carbons (Fsp3) is 0.609. The molecule has 3 amide bonds. The van der Waals surface area contributed by atoms with Gasteiger partial charge < -0.3 is 20.7 Å². The third-order valence-electron chi connectivity index (χ3n) is 7.70. The highest BCUT2D eigenvalue weighted by Gasteiger charge is 2.48. The van der Waals surface area contributed by atoms with Crippen molar-refractivity contribution in [3.8, 4) is 0 Å². The number of nitrogens with one attached hydrogen (secondary N) is 2. The van der Waals surface area contributed by atoms with Crippen molar-refractivity contribution < 1.29 is 19.1 Å². The van der Waals surface area contributed by atoms with Crippen molar-refractivity contribution in [2.75, 3.05) is 19.7 Å². The predicted octanol–water partition coefficient (Wildman–Crippen LogP) is 0.825. The van der Waals surface area contributed by atoms with Crippen LogP contribution in [0.3, 0.4) is 0 Å². The molecule has 3 saturated heterocycles. The van der Waals surface area contributed by atoms with Gasteiger partial charge in [0.2, 0.25) is 11.8 Å². The van der Waals surface area contributed by atoms with E-state index in [0.29, 0.717) is 31.6 Å². The summed E-state index contributed by atoms with van der Waals surface area (Å²) < 4.78 is 6.23. The molecule has 1 unspecified atom stereocenters. The second-order valence-electron chi connectivity index (χ2n) is 9.67. The molecule has 1 aliphatic carbocycles. The molecule has 0 aromatic heterocycles. The van der Waals surface area contributed by atoms with Crippen LogP contribution in [0.2, 0.25) is 0 Å². The standard InChI is InChI=1S/C23H30N4O4/c24-12-22-5-7-23(8-6-22,31-14-22)13-25-10-15-1-2-17-16(9-15)11-27(21(17)30)18-3-4-19(28)26-20(18)29/h1-2,9,18,25H,3-8,10-14,24H2,(H,26,28,29). The molecule has 4 heterocycles. The number of fused-ring (bicyclic) bond motifs is 4. The molecular weight excluding hydrogens is 396 g/mol. The molecule has 31 heavy (non-hydrogen) atoms. The molecule has 8 heteroatoms. The fourth-order valence-corrected chi connectivity index (χ4v) is 5.49. The minimum atomic E-state index is -0.575. The molecule has 6 rings (SSSR count). The van der Waals surface area contributed by atoms with E-state index >= 15 is 0 Å². The molecule has 5 aliphatic rings. The van der Waals surface area contributed by atoms with Crippen molar-refractivity contribution in [3.05, 3.63) is 34.9 Å². The van der Waals surface area contributed by atoms with Crippen LogP contribution in [-0.4, -0.2) is 54.0 Å². The van der Waals surface area contributed by atoms with E-state index in [9.17, 15) is 14.4 Å². The lowest BCUT2D eigenvalue weighted by molar-refractivity contribution is -0.177. The molecule has 4 aliphatic heterocycles. The van der Waals surface area contributed by atoms with Gasteiger partial charge in [-0.15, -0.1) is 0 Å². The summed E-state index contributed by atoms with van der Waals surface area (Å²) in [6.45, 7) is 3.39. The lowest BCUT2D eigenvalue weighted by atomic mass is 9.66. The van der Waals surface area contributed by atoms with Crippen LogP contribution in [0.25, 0.3) is 0 Å². The second kappa shape index (κ2) is 7.69. The van der Waals surface area contributed by atoms with E-state index in [-0.39, 0.29) is 35.2 Å². The van der Waals surface area contributed by atoms with E-state index in [0.717, 1.165) is 50.0 Å². The molecule has 8 nitrogen and oxygen atoms in total. The van der Waals surface area contributed by atoms with Crippen LogP contribution in [0.4, 0.5) is 0 Å². The minimum Gasteiger partial charge on any atom is -0.373 e. The maximum absolute atomic E-state index is 12.8. The number of nitrogens with two attached hydrogens (primary N) is 1. The monoisotopic (exact) mass is 426 g/mol. The van der Waals surface area contributed by atoms with Crippen molar-refractivity contribution >= 4 is 17.7 Å².